The summed E-state index contributed by atoms with van der Waals surface area (Å²) < 4.78 is 11.9. The second kappa shape index (κ2) is 9.14. The third-order valence-electron chi connectivity index (χ3n) is 4.85. The smallest absolute Gasteiger partial charge is 0.403 e. The lowest BCUT2D eigenvalue weighted by Gasteiger charge is -2.32. The Labute approximate surface area is 142 Å². The summed E-state index contributed by atoms with van der Waals surface area (Å²) in [6.45, 7) is 10.4. The monoisotopic (exact) mass is 333 g/mol. The Balaban J connectivity index is 0.00000441. The molecule has 0 spiro atoms. The van der Waals surface area contributed by atoms with Crippen LogP contribution in [0.1, 0.15) is 73.1 Å². The minimum Gasteiger partial charge on any atom is -0.403 e. The third kappa shape index (κ3) is 6.09. The van der Waals surface area contributed by atoms with Crippen LogP contribution in [0.4, 0.5) is 0 Å². The van der Waals surface area contributed by atoms with E-state index in [0.717, 1.165) is 44.8 Å². The predicted octanol–water partition coefficient (Wildman–Crippen LogP) is 3.96. The van der Waals surface area contributed by atoms with Gasteiger partial charge in [-0.15, -0.1) is 12.4 Å². The summed E-state index contributed by atoms with van der Waals surface area (Å²) in [5.74, 6) is -0.123. The lowest BCUT2D eigenvalue weighted by Crippen LogP contribution is -2.41. The minimum absolute atomic E-state index is 0. The fraction of sp³-hybridized carbons (Fsp3) is 0.938. The fourth-order valence-electron chi connectivity index (χ4n) is 2.66. The van der Waals surface area contributed by atoms with Crippen molar-refractivity contribution in [3.8, 4) is 0 Å². The summed E-state index contributed by atoms with van der Waals surface area (Å²) in [5, 5.41) is 0. The molecule has 1 amide bonds. The van der Waals surface area contributed by atoms with Crippen molar-refractivity contribution in [2.24, 2.45) is 11.7 Å². The normalized spacial score (nSPS) is 20.5. The lowest BCUT2D eigenvalue weighted by molar-refractivity contribution is -0.122. The van der Waals surface area contributed by atoms with Crippen LogP contribution in [0.3, 0.4) is 0 Å². The molecule has 22 heavy (non-hydrogen) atoms. The van der Waals surface area contributed by atoms with Crippen LogP contribution in [0.2, 0.25) is 6.32 Å². The Hall–Kier alpha value is -0.255. The molecule has 0 radical (unpaired) electrons. The number of halogens is 1. The summed E-state index contributed by atoms with van der Waals surface area (Å²) >= 11 is 0. The third-order valence-corrected chi connectivity index (χ3v) is 4.85. The van der Waals surface area contributed by atoms with Crippen molar-refractivity contribution in [1.29, 1.82) is 0 Å². The van der Waals surface area contributed by atoms with E-state index in [-0.39, 0.29) is 42.6 Å². The van der Waals surface area contributed by atoms with Gasteiger partial charge in [-0.3, -0.25) is 4.79 Å². The Morgan fingerprint density at radius 1 is 1.05 bits per heavy atom. The van der Waals surface area contributed by atoms with E-state index in [1.165, 1.54) is 0 Å². The molecule has 1 atom stereocenters. The van der Waals surface area contributed by atoms with E-state index in [1.807, 2.05) is 0 Å². The minimum atomic E-state index is -0.255. The number of hydrogen-bond donors (Lipinski definition) is 1. The van der Waals surface area contributed by atoms with Gasteiger partial charge in [-0.2, -0.15) is 0 Å². The van der Waals surface area contributed by atoms with Crippen LogP contribution in [0, 0.1) is 5.92 Å². The fourth-order valence-corrected chi connectivity index (χ4v) is 2.66. The van der Waals surface area contributed by atoms with Crippen molar-refractivity contribution in [2.75, 3.05) is 0 Å². The van der Waals surface area contributed by atoms with E-state index >= 15 is 0 Å². The number of carbonyl (C=O) groups excluding carboxylic acids is 1. The molecule has 1 heterocycles. The summed E-state index contributed by atoms with van der Waals surface area (Å²) in [4.78, 5) is 11.4. The van der Waals surface area contributed by atoms with Gasteiger partial charge < -0.3 is 15.0 Å². The van der Waals surface area contributed by atoms with Crippen molar-refractivity contribution in [1.82, 2.24) is 0 Å². The summed E-state index contributed by atoms with van der Waals surface area (Å²) in [6, 6.07) is 0. The predicted molar refractivity (Wildman–Crippen MR) is 94.2 cm³/mol. The molecule has 1 aliphatic heterocycles. The molecule has 1 rings (SSSR count). The van der Waals surface area contributed by atoms with Crippen LogP contribution in [-0.2, 0) is 14.1 Å². The first-order chi connectivity index (χ1) is 9.69. The van der Waals surface area contributed by atoms with Crippen LogP contribution in [-0.4, -0.2) is 24.2 Å². The standard InChI is InChI=1S/C16H32BNO3.ClH/c1-6-7-10-13(14(18)19)11-8-9-12-17-20-15(2,3)16(4,5)21-17;/h13H,6-12H2,1-5H3,(H2,18,19);1H. The molecule has 0 aliphatic carbocycles. The van der Waals surface area contributed by atoms with E-state index in [9.17, 15) is 4.79 Å². The van der Waals surface area contributed by atoms with Crippen molar-refractivity contribution in [2.45, 2.75) is 90.7 Å². The van der Waals surface area contributed by atoms with Gasteiger partial charge in [-0.05, 0) is 46.9 Å². The van der Waals surface area contributed by atoms with Gasteiger partial charge in [0.05, 0.1) is 11.2 Å². The molecule has 6 heteroatoms. The van der Waals surface area contributed by atoms with Gasteiger partial charge in [0.25, 0.3) is 0 Å². The van der Waals surface area contributed by atoms with Crippen molar-refractivity contribution < 1.29 is 14.1 Å². The molecule has 0 saturated carbocycles. The highest BCUT2D eigenvalue weighted by molar-refractivity contribution is 6.45. The van der Waals surface area contributed by atoms with Crippen LogP contribution in [0.15, 0.2) is 0 Å². The molecule has 0 aromatic carbocycles. The van der Waals surface area contributed by atoms with E-state index < -0.39 is 0 Å². The second-order valence-corrected chi connectivity index (χ2v) is 7.21. The highest BCUT2D eigenvalue weighted by Crippen LogP contribution is 2.38. The number of amides is 1. The first-order valence-electron chi connectivity index (χ1n) is 8.34. The number of rotatable bonds is 9. The van der Waals surface area contributed by atoms with Gasteiger partial charge >= 0.3 is 7.12 Å². The molecule has 4 nitrogen and oxygen atoms in total. The highest BCUT2D eigenvalue weighted by Gasteiger charge is 2.50. The first kappa shape index (κ1) is 21.7. The average Bonchev–Trinajstić information content (AvgIpc) is 2.56. The number of nitrogens with two attached hydrogens (primary N) is 1. The zero-order chi connectivity index (χ0) is 16.1. The van der Waals surface area contributed by atoms with Gasteiger partial charge in [-0.1, -0.05) is 32.6 Å². The second-order valence-electron chi connectivity index (χ2n) is 7.21. The number of unbranched alkanes of at least 4 members (excludes halogenated alkanes) is 2. The molecular formula is C16H33BClNO3. The maximum atomic E-state index is 11.4. The Kier molecular flexibility index (Phi) is 9.04. The molecular weight excluding hydrogens is 300 g/mol. The number of carbonyl (C=O) groups is 1. The molecule has 0 aromatic heterocycles. The molecule has 2 N–H and O–H groups in total. The van der Waals surface area contributed by atoms with Gasteiger partial charge in [0, 0.05) is 5.92 Å². The van der Waals surface area contributed by atoms with Gasteiger partial charge in [0.2, 0.25) is 5.91 Å². The van der Waals surface area contributed by atoms with Crippen LogP contribution in [0.5, 0.6) is 0 Å². The van der Waals surface area contributed by atoms with Gasteiger partial charge in [0.1, 0.15) is 0 Å². The SMILES string of the molecule is CCCCC(CCCCB1OC(C)(C)C(C)(C)O1)C(N)=O.Cl. The van der Waals surface area contributed by atoms with Gasteiger partial charge in [-0.25, -0.2) is 0 Å². The largest absolute Gasteiger partial charge is 0.457 e. The molecule has 1 saturated heterocycles. The van der Waals surface area contributed by atoms with E-state index in [1.54, 1.807) is 0 Å². The Morgan fingerprint density at radius 2 is 1.55 bits per heavy atom. The maximum absolute atomic E-state index is 11.4. The Morgan fingerprint density at radius 3 is 2.00 bits per heavy atom. The van der Waals surface area contributed by atoms with Crippen molar-refractivity contribution in [3.63, 3.8) is 0 Å². The van der Waals surface area contributed by atoms with Crippen LogP contribution < -0.4 is 5.73 Å². The number of hydrogen-bond acceptors (Lipinski definition) is 3. The van der Waals surface area contributed by atoms with E-state index in [2.05, 4.69) is 34.6 Å². The zero-order valence-corrected chi connectivity index (χ0v) is 15.6. The molecule has 1 fully saturated rings. The lowest BCUT2D eigenvalue weighted by atomic mass is 9.81. The molecule has 1 aliphatic rings. The molecule has 130 valence electrons. The maximum Gasteiger partial charge on any atom is 0.457 e. The summed E-state index contributed by atoms with van der Waals surface area (Å²) in [7, 11) is -0.127. The van der Waals surface area contributed by atoms with Crippen LogP contribution >= 0.6 is 12.4 Å². The van der Waals surface area contributed by atoms with Gasteiger partial charge in [0.15, 0.2) is 0 Å². The average molecular weight is 334 g/mol. The summed E-state index contributed by atoms with van der Waals surface area (Å²) in [5.41, 5.74) is 4.95. The molecule has 0 bridgehead atoms. The summed E-state index contributed by atoms with van der Waals surface area (Å²) in [6.07, 6.45) is 6.87. The molecule has 1 unspecified atom stereocenters. The van der Waals surface area contributed by atoms with Crippen molar-refractivity contribution in [3.05, 3.63) is 0 Å². The van der Waals surface area contributed by atoms with E-state index in [4.69, 9.17) is 15.0 Å². The quantitative estimate of drug-likeness (QED) is 0.513. The van der Waals surface area contributed by atoms with E-state index in [0.29, 0.717) is 0 Å². The highest BCUT2D eigenvalue weighted by atomic mass is 35.5. The topological polar surface area (TPSA) is 61.6 Å². The molecule has 0 aromatic rings. The van der Waals surface area contributed by atoms with Crippen LogP contribution in [0.25, 0.3) is 0 Å². The number of primary amides is 1. The first-order valence-corrected chi connectivity index (χ1v) is 8.34. The zero-order valence-electron chi connectivity index (χ0n) is 14.8. The Bertz CT molecular complexity index is 334. The van der Waals surface area contributed by atoms with Crippen molar-refractivity contribution >= 4 is 25.4 Å².